The van der Waals surface area contributed by atoms with Gasteiger partial charge in [-0.25, -0.2) is 4.39 Å². The zero-order chi connectivity index (χ0) is 15.2. The molecule has 0 aliphatic heterocycles. The molecule has 1 aromatic rings. The Labute approximate surface area is 136 Å². The van der Waals surface area contributed by atoms with E-state index in [1.165, 1.54) is 32.1 Å². The van der Waals surface area contributed by atoms with E-state index in [1.54, 1.807) is 12.1 Å². The smallest absolute Gasteiger partial charge is 0.124 e. The summed E-state index contributed by atoms with van der Waals surface area (Å²) in [6, 6.07) is 5.61. The highest BCUT2D eigenvalue weighted by Gasteiger charge is 2.31. The van der Waals surface area contributed by atoms with E-state index in [-0.39, 0.29) is 11.9 Å². The molecule has 118 valence electrons. The number of nitrogens with one attached hydrogen (secondary N) is 1. The van der Waals surface area contributed by atoms with E-state index in [0.29, 0.717) is 5.92 Å². The lowest BCUT2D eigenvalue weighted by atomic mass is 9.72. The zero-order valence-corrected chi connectivity index (χ0v) is 14.8. The lowest BCUT2D eigenvalue weighted by Crippen LogP contribution is -2.35. The van der Waals surface area contributed by atoms with Crippen molar-refractivity contribution in [3.05, 3.63) is 34.1 Å². The van der Waals surface area contributed by atoms with Crippen molar-refractivity contribution >= 4 is 15.9 Å². The van der Waals surface area contributed by atoms with Crippen LogP contribution in [0.15, 0.2) is 22.7 Å². The predicted molar refractivity (Wildman–Crippen MR) is 90.9 cm³/mol. The van der Waals surface area contributed by atoms with Gasteiger partial charge in [-0.2, -0.15) is 0 Å². The molecular weight excluding hydrogens is 329 g/mol. The molecule has 0 radical (unpaired) electrons. The summed E-state index contributed by atoms with van der Waals surface area (Å²) in [5.74, 6) is 1.24. The average molecular weight is 356 g/mol. The Hall–Kier alpha value is -0.410. The number of hydrogen-bond donors (Lipinski definition) is 1. The molecule has 21 heavy (non-hydrogen) atoms. The molecule has 1 aromatic carbocycles. The summed E-state index contributed by atoms with van der Waals surface area (Å²) in [6.07, 6.45) is 7.57. The van der Waals surface area contributed by atoms with E-state index in [0.717, 1.165) is 28.9 Å². The van der Waals surface area contributed by atoms with Crippen molar-refractivity contribution in [2.45, 2.75) is 58.4 Å². The van der Waals surface area contributed by atoms with Gasteiger partial charge in [-0.1, -0.05) is 55.5 Å². The summed E-state index contributed by atoms with van der Waals surface area (Å²) in [4.78, 5) is 0. The van der Waals surface area contributed by atoms with Crippen LogP contribution in [0.25, 0.3) is 0 Å². The average Bonchev–Trinajstić information content (AvgIpc) is 2.47. The van der Waals surface area contributed by atoms with Gasteiger partial charge in [-0.3, -0.25) is 0 Å². The molecule has 0 aromatic heterocycles. The molecule has 1 N–H and O–H groups in total. The highest BCUT2D eigenvalue weighted by molar-refractivity contribution is 9.10. The maximum atomic E-state index is 13.8. The number of rotatable bonds is 6. The summed E-state index contributed by atoms with van der Waals surface area (Å²) in [7, 11) is 0. The Morgan fingerprint density at radius 3 is 2.67 bits per heavy atom. The molecule has 0 spiro atoms. The molecule has 1 saturated carbocycles. The third-order valence-corrected chi connectivity index (χ3v) is 5.24. The van der Waals surface area contributed by atoms with Crippen molar-refractivity contribution in [3.63, 3.8) is 0 Å². The molecule has 1 fully saturated rings. The Morgan fingerprint density at radius 1 is 1.24 bits per heavy atom. The van der Waals surface area contributed by atoms with Gasteiger partial charge < -0.3 is 5.32 Å². The molecule has 0 saturated heterocycles. The molecule has 3 atom stereocenters. The van der Waals surface area contributed by atoms with E-state index in [1.807, 2.05) is 0 Å². The summed E-state index contributed by atoms with van der Waals surface area (Å²) >= 11 is 3.44. The number of benzene rings is 1. The zero-order valence-electron chi connectivity index (χ0n) is 13.2. The third-order valence-electron chi connectivity index (χ3n) is 4.78. The van der Waals surface area contributed by atoms with Crippen molar-refractivity contribution in [3.8, 4) is 0 Å². The van der Waals surface area contributed by atoms with Crippen molar-refractivity contribution in [2.24, 2.45) is 11.8 Å². The van der Waals surface area contributed by atoms with Crippen LogP contribution in [-0.2, 0) is 0 Å². The molecule has 0 bridgehead atoms. The van der Waals surface area contributed by atoms with Gasteiger partial charge in [0, 0.05) is 10.5 Å². The maximum absolute atomic E-state index is 13.8. The van der Waals surface area contributed by atoms with Gasteiger partial charge in [0.2, 0.25) is 0 Å². The van der Waals surface area contributed by atoms with E-state index >= 15 is 0 Å². The van der Waals surface area contributed by atoms with Crippen LogP contribution in [0.3, 0.4) is 0 Å². The Bertz CT molecular complexity index is 429. The first-order chi connectivity index (χ1) is 10.2. The summed E-state index contributed by atoms with van der Waals surface area (Å²) < 4.78 is 14.6. The molecule has 3 heteroatoms. The minimum atomic E-state index is -0.147. The predicted octanol–water partition coefficient (Wildman–Crippen LogP) is 5.85. The molecular formula is C18H27BrFN. The van der Waals surface area contributed by atoms with Crippen LogP contribution in [0.2, 0.25) is 0 Å². The van der Waals surface area contributed by atoms with Gasteiger partial charge in [-0.05, 0) is 55.0 Å². The monoisotopic (exact) mass is 355 g/mol. The summed E-state index contributed by atoms with van der Waals surface area (Å²) in [5.41, 5.74) is 1.10. The summed E-state index contributed by atoms with van der Waals surface area (Å²) in [5, 5.41) is 3.69. The third kappa shape index (κ3) is 4.53. The van der Waals surface area contributed by atoms with Crippen LogP contribution >= 0.6 is 15.9 Å². The van der Waals surface area contributed by atoms with Crippen molar-refractivity contribution in [1.29, 1.82) is 0 Å². The van der Waals surface area contributed by atoms with Gasteiger partial charge >= 0.3 is 0 Å². The molecule has 0 amide bonds. The minimum Gasteiger partial charge on any atom is -0.310 e. The van der Waals surface area contributed by atoms with Crippen molar-refractivity contribution in [1.82, 2.24) is 5.32 Å². The van der Waals surface area contributed by atoms with Gasteiger partial charge in [0.15, 0.2) is 0 Å². The standard InChI is InChI=1S/C18H27BrFN/c1-3-9-21-18(14-10-15(19)12-16(20)11-14)17-8-6-5-7-13(17)4-2/h10-13,17-18,21H,3-9H2,1-2H3. The SMILES string of the molecule is CCCNC(c1cc(F)cc(Br)c1)C1CCCCC1CC. The fourth-order valence-corrected chi connectivity index (χ4v) is 4.24. The lowest BCUT2D eigenvalue weighted by molar-refractivity contribution is 0.175. The second-order valence-corrected chi connectivity index (χ2v) is 7.17. The fourth-order valence-electron chi connectivity index (χ4n) is 3.75. The van der Waals surface area contributed by atoms with E-state index in [9.17, 15) is 4.39 Å². The second-order valence-electron chi connectivity index (χ2n) is 6.25. The quantitative estimate of drug-likeness (QED) is 0.675. The van der Waals surface area contributed by atoms with Crippen LogP contribution in [0.4, 0.5) is 4.39 Å². The highest BCUT2D eigenvalue weighted by atomic mass is 79.9. The first-order valence-electron chi connectivity index (χ1n) is 8.35. The Balaban J connectivity index is 2.27. The van der Waals surface area contributed by atoms with Crippen molar-refractivity contribution < 1.29 is 4.39 Å². The van der Waals surface area contributed by atoms with Crippen LogP contribution < -0.4 is 5.32 Å². The second kappa shape index (κ2) is 8.28. The molecule has 2 rings (SSSR count). The summed E-state index contributed by atoms with van der Waals surface area (Å²) in [6.45, 7) is 5.47. The van der Waals surface area contributed by atoms with Crippen LogP contribution in [-0.4, -0.2) is 6.54 Å². The van der Waals surface area contributed by atoms with Crippen LogP contribution in [0, 0.1) is 17.7 Å². The topological polar surface area (TPSA) is 12.0 Å². The van der Waals surface area contributed by atoms with Crippen molar-refractivity contribution in [2.75, 3.05) is 6.54 Å². The normalized spacial score (nSPS) is 24.0. The maximum Gasteiger partial charge on any atom is 0.124 e. The fraction of sp³-hybridized carbons (Fsp3) is 0.667. The van der Waals surface area contributed by atoms with E-state index < -0.39 is 0 Å². The number of halogens is 2. The number of hydrogen-bond acceptors (Lipinski definition) is 1. The van der Waals surface area contributed by atoms with Gasteiger partial charge in [0.05, 0.1) is 0 Å². The van der Waals surface area contributed by atoms with Crippen LogP contribution in [0.1, 0.15) is 64.0 Å². The van der Waals surface area contributed by atoms with E-state index in [2.05, 4.69) is 41.2 Å². The van der Waals surface area contributed by atoms with Crippen LogP contribution in [0.5, 0.6) is 0 Å². The molecule has 1 aliphatic rings. The molecule has 1 nitrogen and oxygen atoms in total. The first kappa shape index (κ1) is 17.0. The van der Waals surface area contributed by atoms with E-state index in [4.69, 9.17) is 0 Å². The van der Waals surface area contributed by atoms with Gasteiger partial charge in [-0.15, -0.1) is 0 Å². The lowest BCUT2D eigenvalue weighted by Gasteiger charge is -2.38. The Kier molecular flexibility index (Phi) is 6.69. The van der Waals surface area contributed by atoms with Gasteiger partial charge in [0.1, 0.15) is 5.82 Å². The van der Waals surface area contributed by atoms with Gasteiger partial charge in [0.25, 0.3) is 0 Å². The molecule has 3 unspecified atom stereocenters. The molecule has 1 aliphatic carbocycles. The first-order valence-corrected chi connectivity index (χ1v) is 9.14. The highest BCUT2D eigenvalue weighted by Crippen LogP contribution is 2.40. The largest absolute Gasteiger partial charge is 0.310 e. The Morgan fingerprint density at radius 2 is 2.00 bits per heavy atom. The molecule has 0 heterocycles. The minimum absolute atomic E-state index is 0.147.